The number of anilines is 3. The van der Waals surface area contributed by atoms with Crippen LogP contribution in [0.3, 0.4) is 0 Å². The number of benzene rings is 1. The molecule has 0 saturated heterocycles. The molecule has 138 valence electrons. The lowest BCUT2D eigenvalue weighted by atomic mass is 10.1. The zero-order valence-corrected chi connectivity index (χ0v) is 14.7. The Labute approximate surface area is 150 Å². The van der Waals surface area contributed by atoms with Crippen molar-refractivity contribution in [3.05, 3.63) is 34.6 Å². The number of fused-ring (bicyclic) bond motifs is 1. The molecule has 0 aliphatic carbocycles. The molecule has 2 aromatic rings. The molecule has 0 bridgehead atoms. The second-order valence-corrected chi connectivity index (χ2v) is 6.27. The fourth-order valence-electron chi connectivity index (χ4n) is 2.51. The minimum Gasteiger partial charge on any atom is -0.486 e. The molecule has 1 aromatic heterocycles. The van der Waals surface area contributed by atoms with Gasteiger partial charge >= 0.3 is 5.69 Å². The first kappa shape index (κ1) is 17.7. The molecule has 0 spiro atoms. The summed E-state index contributed by atoms with van der Waals surface area (Å²) >= 11 is 0. The fraction of sp³-hybridized carbons (Fsp3) is 0.412. The van der Waals surface area contributed by atoms with Gasteiger partial charge in [-0.05, 0) is 24.5 Å². The van der Waals surface area contributed by atoms with Crippen LogP contribution in [0.2, 0.25) is 0 Å². The minimum absolute atomic E-state index is 0.119. The summed E-state index contributed by atoms with van der Waals surface area (Å²) < 4.78 is 11.0. The summed E-state index contributed by atoms with van der Waals surface area (Å²) in [6.45, 7) is 5.74. The molecule has 1 aliphatic heterocycles. The highest BCUT2D eigenvalue weighted by atomic mass is 16.6. The highest BCUT2D eigenvalue weighted by Gasteiger charge is 2.23. The lowest BCUT2D eigenvalue weighted by molar-refractivity contribution is -0.383. The molecule has 3 rings (SSSR count). The molecule has 0 fully saturated rings. The largest absolute Gasteiger partial charge is 0.486 e. The number of rotatable bonds is 7. The van der Waals surface area contributed by atoms with Gasteiger partial charge in [-0.2, -0.15) is 0 Å². The van der Waals surface area contributed by atoms with E-state index in [1.807, 2.05) is 0 Å². The third-order valence-electron chi connectivity index (χ3n) is 3.82. The molecule has 0 radical (unpaired) electrons. The topological polar surface area (TPSA) is 111 Å². The van der Waals surface area contributed by atoms with Crippen LogP contribution in [0.4, 0.5) is 23.0 Å². The van der Waals surface area contributed by atoms with Crippen LogP contribution < -0.4 is 20.1 Å². The summed E-state index contributed by atoms with van der Waals surface area (Å²) in [5.74, 6) is 2.04. The van der Waals surface area contributed by atoms with E-state index in [2.05, 4.69) is 34.4 Å². The number of nitrogens with zero attached hydrogens (tertiary/aromatic N) is 3. The summed E-state index contributed by atoms with van der Waals surface area (Å²) in [5.41, 5.74) is 0.426. The second-order valence-electron chi connectivity index (χ2n) is 6.27. The summed E-state index contributed by atoms with van der Waals surface area (Å²) in [4.78, 5) is 19.1. The average molecular weight is 359 g/mol. The molecule has 0 atom stereocenters. The average Bonchev–Trinajstić information content (AvgIpc) is 2.61. The van der Waals surface area contributed by atoms with Gasteiger partial charge in [-0.3, -0.25) is 10.1 Å². The summed E-state index contributed by atoms with van der Waals surface area (Å²) in [6.07, 6.45) is 2.18. The summed E-state index contributed by atoms with van der Waals surface area (Å²) in [7, 11) is 0. The van der Waals surface area contributed by atoms with Crippen LogP contribution in [0.15, 0.2) is 24.5 Å². The minimum atomic E-state index is -0.488. The van der Waals surface area contributed by atoms with E-state index in [9.17, 15) is 10.1 Å². The maximum Gasteiger partial charge on any atom is 0.353 e. The summed E-state index contributed by atoms with van der Waals surface area (Å²) in [6, 6.07) is 5.24. The lowest BCUT2D eigenvalue weighted by Gasteiger charge is -2.19. The van der Waals surface area contributed by atoms with Crippen molar-refractivity contribution in [3.63, 3.8) is 0 Å². The Morgan fingerprint density at radius 1 is 1.19 bits per heavy atom. The first-order valence-corrected chi connectivity index (χ1v) is 8.44. The van der Waals surface area contributed by atoms with Gasteiger partial charge < -0.3 is 20.1 Å². The van der Waals surface area contributed by atoms with E-state index in [4.69, 9.17) is 9.47 Å². The van der Waals surface area contributed by atoms with Gasteiger partial charge in [-0.25, -0.2) is 9.97 Å². The Morgan fingerprint density at radius 3 is 2.65 bits per heavy atom. The molecule has 26 heavy (non-hydrogen) atoms. The van der Waals surface area contributed by atoms with Gasteiger partial charge in [0.05, 0.1) is 4.92 Å². The number of nitro groups is 1. The lowest BCUT2D eigenvalue weighted by Crippen LogP contribution is -2.15. The van der Waals surface area contributed by atoms with Crippen LogP contribution in [0.25, 0.3) is 0 Å². The zero-order chi connectivity index (χ0) is 18.5. The number of hydrogen-bond donors (Lipinski definition) is 2. The predicted octanol–water partition coefficient (Wildman–Crippen LogP) is 3.36. The number of hydrogen-bond acceptors (Lipinski definition) is 8. The third kappa shape index (κ3) is 4.11. The van der Waals surface area contributed by atoms with Gasteiger partial charge in [-0.1, -0.05) is 13.8 Å². The van der Waals surface area contributed by atoms with Crippen molar-refractivity contribution >= 4 is 23.0 Å². The summed E-state index contributed by atoms with van der Waals surface area (Å²) in [5, 5.41) is 17.6. The van der Waals surface area contributed by atoms with E-state index in [1.165, 1.54) is 6.33 Å². The highest BCUT2D eigenvalue weighted by molar-refractivity contribution is 5.74. The SMILES string of the molecule is CC(C)CCNc1ncnc(Nc2ccc3c(c2)OCCO3)c1[N+](=O)[O-]. The number of nitrogens with one attached hydrogen (secondary N) is 2. The second kappa shape index (κ2) is 7.85. The Balaban J connectivity index is 1.84. The van der Waals surface area contributed by atoms with Crippen molar-refractivity contribution in [1.29, 1.82) is 0 Å². The van der Waals surface area contributed by atoms with Gasteiger partial charge in [0.15, 0.2) is 11.5 Å². The molecule has 9 nitrogen and oxygen atoms in total. The van der Waals surface area contributed by atoms with Crippen LogP contribution in [0, 0.1) is 16.0 Å². The fourth-order valence-corrected chi connectivity index (χ4v) is 2.51. The first-order valence-electron chi connectivity index (χ1n) is 8.44. The van der Waals surface area contributed by atoms with E-state index < -0.39 is 4.92 Å². The van der Waals surface area contributed by atoms with Gasteiger partial charge in [0.1, 0.15) is 19.5 Å². The highest BCUT2D eigenvalue weighted by Crippen LogP contribution is 2.36. The number of aromatic nitrogens is 2. The van der Waals surface area contributed by atoms with Crippen molar-refractivity contribution < 1.29 is 14.4 Å². The molecule has 0 unspecified atom stereocenters. The van der Waals surface area contributed by atoms with Crippen molar-refractivity contribution in [3.8, 4) is 11.5 Å². The normalized spacial score (nSPS) is 12.7. The van der Waals surface area contributed by atoms with Crippen LogP contribution in [-0.4, -0.2) is 34.6 Å². The molecule has 9 heteroatoms. The Bertz CT molecular complexity index is 797. The molecule has 0 amide bonds. The van der Waals surface area contributed by atoms with Gasteiger partial charge in [0.25, 0.3) is 0 Å². The molecule has 0 saturated carbocycles. The van der Waals surface area contributed by atoms with Crippen molar-refractivity contribution in [1.82, 2.24) is 9.97 Å². The Hall–Kier alpha value is -3.10. The molecule has 1 aromatic carbocycles. The van der Waals surface area contributed by atoms with E-state index >= 15 is 0 Å². The maximum absolute atomic E-state index is 11.6. The Morgan fingerprint density at radius 2 is 1.92 bits per heavy atom. The molecular formula is C17H21N5O4. The van der Waals surface area contributed by atoms with Crippen LogP contribution in [-0.2, 0) is 0 Å². The van der Waals surface area contributed by atoms with E-state index in [-0.39, 0.29) is 17.3 Å². The van der Waals surface area contributed by atoms with Crippen LogP contribution in [0.1, 0.15) is 20.3 Å². The van der Waals surface area contributed by atoms with Crippen molar-refractivity contribution in [2.75, 3.05) is 30.4 Å². The van der Waals surface area contributed by atoms with E-state index in [0.717, 1.165) is 6.42 Å². The molecular weight excluding hydrogens is 338 g/mol. The standard InChI is InChI=1S/C17H21N5O4/c1-11(2)5-6-18-16-15(22(23)24)17(20-10-19-16)21-12-3-4-13-14(9-12)26-8-7-25-13/h3-4,9-11H,5-8H2,1-2H3,(H2,18,19,20,21). The number of ether oxygens (including phenoxy) is 2. The van der Waals surface area contributed by atoms with E-state index in [0.29, 0.717) is 42.9 Å². The van der Waals surface area contributed by atoms with Gasteiger partial charge in [0.2, 0.25) is 11.6 Å². The Kier molecular flexibility index (Phi) is 5.35. The van der Waals surface area contributed by atoms with E-state index in [1.54, 1.807) is 18.2 Å². The van der Waals surface area contributed by atoms with Crippen molar-refractivity contribution in [2.45, 2.75) is 20.3 Å². The third-order valence-corrected chi connectivity index (χ3v) is 3.82. The molecule has 2 heterocycles. The van der Waals surface area contributed by atoms with Gasteiger partial charge in [0, 0.05) is 18.3 Å². The maximum atomic E-state index is 11.6. The monoisotopic (exact) mass is 359 g/mol. The quantitative estimate of drug-likeness (QED) is 0.572. The van der Waals surface area contributed by atoms with Gasteiger partial charge in [-0.15, -0.1) is 0 Å². The smallest absolute Gasteiger partial charge is 0.353 e. The molecule has 2 N–H and O–H groups in total. The predicted molar refractivity (Wildman–Crippen MR) is 97.3 cm³/mol. The first-order chi connectivity index (χ1) is 12.5. The molecule has 1 aliphatic rings. The van der Waals surface area contributed by atoms with Crippen molar-refractivity contribution in [2.24, 2.45) is 5.92 Å². The van der Waals surface area contributed by atoms with Crippen LogP contribution >= 0.6 is 0 Å². The zero-order valence-electron chi connectivity index (χ0n) is 14.7. The van der Waals surface area contributed by atoms with Crippen LogP contribution in [0.5, 0.6) is 11.5 Å².